The van der Waals surface area contributed by atoms with Gasteiger partial charge < -0.3 is 9.64 Å². The third-order valence-electron chi connectivity index (χ3n) is 10.6. The first-order valence-corrected chi connectivity index (χ1v) is 19.4. The van der Waals surface area contributed by atoms with E-state index in [0.29, 0.717) is 75.1 Å². The topological polar surface area (TPSA) is 139 Å². The number of Topliss-reactive ketones (excluding diaryl/α,β-unsaturated/α-hetero) is 1. The number of pyridine rings is 1. The van der Waals surface area contributed by atoms with Gasteiger partial charge in [0.05, 0.1) is 30.7 Å². The number of aryl methyl sites for hydroxylation is 1. The molecule has 2 aromatic carbocycles. The number of carbonyl (C=O) groups excluding carboxylic acids is 4. The number of aromatic nitrogens is 1. The van der Waals surface area contributed by atoms with Crippen LogP contribution in [-0.2, 0) is 44.6 Å². The molecule has 0 spiro atoms. The van der Waals surface area contributed by atoms with Crippen LogP contribution >= 0.6 is 12.2 Å². The minimum atomic E-state index is -4.89. The molecule has 4 heterocycles. The fourth-order valence-corrected chi connectivity index (χ4v) is 8.08. The van der Waals surface area contributed by atoms with Crippen molar-refractivity contribution in [3.8, 4) is 11.8 Å². The van der Waals surface area contributed by atoms with Gasteiger partial charge in [-0.3, -0.25) is 43.6 Å². The molecule has 1 aromatic heterocycles. The number of thiocarbonyl (C=S) groups is 1. The number of ether oxygens (including phenoxy) is 1. The van der Waals surface area contributed by atoms with E-state index in [1.54, 1.807) is 32.0 Å². The van der Waals surface area contributed by atoms with E-state index in [9.17, 15) is 36.7 Å². The van der Waals surface area contributed by atoms with Crippen molar-refractivity contribution >= 4 is 52.2 Å². The van der Waals surface area contributed by atoms with Gasteiger partial charge in [0.1, 0.15) is 24.0 Å². The lowest BCUT2D eigenvalue weighted by Crippen LogP contribution is -2.48. The van der Waals surface area contributed by atoms with Crippen molar-refractivity contribution < 1.29 is 41.5 Å². The number of carbonyl (C=O) groups is 4. The van der Waals surface area contributed by atoms with Crippen LogP contribution in [0.15, 0.2) is 54.7 Å². The van der Waals surface area contributed by atoms with Crippen molar-refractivity contribution in [1.29, 1.82) is 5.26 Å². The van der Waals surface area contributed by atoms with Gasteiger partial charge in [0.15, 0.2) is 16.6 Å². The summed E-state index contributed by atoms with van der Waals surface area (Å²) in [4.78, 5) is 60.7. The van der Waals surface area contributed by atoms with Gasteiger partial charge >= 0.3 is 6.18 Å². The van der Waals surface area contributed by atoms with Crippen molar-refractivity contribution in [2.45, 2.75) is 57.7 Å². The van der Waals surface area contributed by atoms with Crippen LogP contribution in [0.2, 0.25) is 0 Å². The van der Waals surface area contributed by atoms with Gasteiger partial charge in [0.25, 0.3) is 5.91 Å². The number of piperazine rings is 1. The van der Waals surface area contributed by atoms with Crippen LogP contribution in [0.25, 0.3) is 0 Å². The lowest BCUT2D eigenvalue weighted by molar-refractivity contribution is -0.138. The number of hydrogen-bond acceptors (Lipinski definition) is 10. The molecule has 3 amide bonds. The minimum Gasteiger partial charge on any atom is -0.492 e. The molecule has 3 saturated heterocycles. The first-order valence-electron chi connectivity index (χ1n) is 18.9. The van der Waals surface area contributed by atoms with Crippen molar-refractivity contribution in [2.75, 3.05) is 62.3 Å². The van der Waals surface area contributed by atoms with Crippen LogP contribution in [-0.4, -0.2) is 101 Å². The number of imide groups is 1. The second kappa shape index (κ2) is 17.7. The van der Waals surface area contributed by atoms with E-state index in [-0.39, 0.29) is 47.2 Å². The molecule has 0 radical (unpaired) electrons. The summed E-state index contributed by atoms with van der Waals surface area (Å²) in [6.45, 7) is 6.50. The molecule has 0 saturated carbocycles. The number of halogens is 4. The van der Waals surface area contributed by atoms with Gasteiger partial charge in [0, 0.05) is 63.6 Å². The van der Waals surface area contributed by atoms with E-state index < -0.39 is 35.6 Å². The number of amides is 3. The second-order valence-electron chi connectivity index (χ2n) is 15.1. The molecule has 12 nitrogen and oxygen atoms in total. The predicted octanol–water partition coefficient (Wildman–Crippen LogP) is 4.80. The largest absolute Gasteiger partial charge is 0.492 e. The Bertz CT molecular complexity index is 2130. The monoisotopic (exact) mass is 821 g/mol. The highest BCUT2D eigenvalue weighted by Crippen LogP contribution is 2.40. The maximum Gasteiger partial charge on any atom is 0.419 e. The molecule has 3 aliphatic heterocycles. The average molecular weight is 822 g/mol. The fraction of sp³-hybridized carbons (Fsp3) is 0.439. The number of anilines is 2. The zero-order chi connectivity index (χ0) is 41.8. The van der Waals surface area contributed by atoms with Gasteiger partial charge in [-0.15, -0.1) is 0 Å². The van der Waals surface area contributed by atoms with E-state index in [1.165, 1.54) is 11.0 Å². The Kier molecular flexibility index (Phi) is 12.9. The summed E-state index contributed by atoms with van der Waals surface area (Å²) in [5, 5.41) is 11.4. The summed E-state index contributed by atoms with van der Waals surface area (Å²) >= 11 is 5.63. The molecular weight excluding hydrogens is 779 g/mol. The maximum absolute atomic E-state index is 13.8. The molecular formula is C41H43F4N7O5S. The molecule has 1 atom stereocenters. The van der Waals surface area contributed by atoms with Crippen LogP contribution < -0.4 is 19.9 Å². The quantitative estimate of drug-likeness (QED) is 0.136. The highest BCUT2D eigenvalue weighted by molar-refractivity contribution is 7.81. The Morgan fingerprint density at radius 1 is 1.03 bits per heavy atom. The summed E-state index contributed by atoms with van der Waals surface area (Å²) < 4.78 is 61.1. The smallest absolute Gasteiger partial charge is 0.419 e. The summed E-state index contributed by atoms with van der Waals surface area (Å²) in [7, 11) is 0. The van der Waals surface area contributed by atoms with Gasteiger partial charge in [-0.1, -0.05) is 24.3 Å². The Morgan fingerprint density at radius 2 is 1.76 bits per heavy atom. The number of rotatable bonds is 14. The lowest BCUT2D eigenvalue weighted by atomic mass is 9.90. The first kappa shape index (κ1) is 42.3. The Hall–Kier alpha value is -5.31. The molecule has 3 fully saturated rings. The molecule has 0 aliphatic carbocycles. The maximum atomic E-state index is 13.8. The molecule has 6 rings (SSSR count). The van der Waals surface area contributed by atoms with E-state index >= 15 is 0 Å². The summed E-state index contributed by atoms with van der Waals surface area (Å²) in [6, 6.07) is 14.8. The molecule has 58 heavy (non-hydrogen) atoms. The second-order valence-corrected chi connectivity index (χ2v) is 15.5. The standard InChI is InChI=1S/C41H43F4N7O5S/c1-40(2)38(56)51(31-22-33(41(43,44)45)34(23-46)47-24-31)39(58)52(40)30-7-8-35(28(21-30)10-11-42)57-17-16-49-12-14-50(15-13-49)25-32(53)20-27-5-3-4-26(18-27)19-29-6-9-36(54)48-37(29)55/h3-5,7-8,18,21-22,24,29H,6,9-17,19-20,25H2,1-2H3,(H,48,54,55). The zero-order valence-electron chi connectivity index (χ0n) is 32.1. The third-order valence-corrected chi connectivity index (χ3v) is 11.0. The SMILES string of the molecule is CC1(C)C(=O)N(c2cnc(C#N)c(C(F)(F)F)c2)C(=S)N1c1ccc(OCCN2CCN(CC(=O)Cc3cccc(CC4CCC(=O)NC4=O)c3)CC2)c(CCF)c1. The van der Waals surface area contributed by atoms with Crippen LogP contribution in [0, 0.1) is 17.2 Å². The number of hydrogen-bond donors (Lipinski definition) is 1. The zero-order valence-corrected chi connectivity index (χ0v) is 32.9. The van der Waals surface area contributed by atoms with E-state index in [2.05, 4.69) is 20.1 Å². The summed E-state index contributed by atoms with van der Waals surface area (Å²) in [6.07, 6.45) is -2.24. The summed E-state index contributed by atoms with van der Waals surface area (Å²) in [5.41, 5.74) is -0.904. The molecule has 17 heteroatoms. The highest BCUT2D eigenvalue weighted by atomic mass is 32.1. The summed E-state index contributed by atoms with van der Waals surface area (Å²) in [5.74, 6) is -0.823. The van der Waals surface area contributed by atoms with Crippen LogP contribution in [0.1, 0.15) is 54.6 Å². The number of ketones is 1. The average Bonchev–Trinajstić information content (AvgIpc) is 3.35. The lowest BCUT2D eigenvalue weighted by Gasteiger charge is -2.34. The number of nitrogens with one attached hydrogen (secondary N) is 1. The van der Waals surface area contributed by atoms with Gasteiger partial charge in [-0.05, 0) is 79.9 Å². The third kappa shape index (κ3) is 9.52. The Morgan fingerprint density at radius 3 is 2.45 bits per heavy atom. The molecule has 3 aromatic rings. The molecule has 1 N–H and O–H groups in total. The fourth-order valence-electron chi connectivity index (χ4n) is 7.55. The van der Waals surface area contributed by atoms with Crippen molar-refractivity contribution in [3.63, 3.8) is 0 Å². The van der Waals surface area contributed by atoms with Crippen LogP contribution in [0.5, 0.6) is 5.75 Å². The normalized spacial score (nSPS) is 19.0. The predicted molar refractivity (Wildman–Crippen MR) is 210 cm³/mol. The number of nitriles is 1. The number of nitrogens with zero attached hydrogens (tertiary/aromatic N) is 6. The van der Waals surface area contributed by atoms with Gasteiger partial charge in [0.2, 0.25) is 11.8 Å². The Labute approximate surface area is 338 Å². The van der Waals surface area contributed by atoms with Crippen LogP contribution in [0.3, 0.4) is 0 Å². The Balaban J connectivity index is 1.01. The number of alkyl halides is 4. The molecule has 1 unspecified atom stereocenters. The van der Waals surface area contributed by atoms with E-state index in [0.717, 1.165) is 35.3 Å². The van der Waals surface area contributed by atoms with Gasteiger partial charge in [-0.25, -0.2) is 4.98 Å². The van der Waals surface area contributed by atoms with Crippen molar-refractivity contribution in [3.05, 3.63) is 82.7 Å². The van der Waals surface area contributed by atoms with Crippen molar-refractivity contribution in [1.82, 2.24) is 20.1 Å². The molecule has 0 bridgehead atoms. The molecule has 306 valence electrons. The number of piperidine rings is 1. The highest BCUT2D eigenvalue weighted by Gasteiger charge is 2.51. The van der Waals surface area contributed by atoms with Crippen molar-refractivity contribution in [2.24, 2.45) is 5.92 Å². The number of benzene rings is 2. The first-order chi connectivity index (χ1) is 27.6. The molecule has 3 aliphatic rings. The van der Waals surface area contributed by atoms with E-state index in [4.69, 9.17) is 22.2 Å². The van der Waals surface area contributed by atoms with Gasteiger partial charge in [-0.2, -0.15) is 18.4 Å². The van der Waals surface area contributed by atoms with E-state index in [1.807, 2.05) is 24.3 Å². The minimum absolute atomic E-state index is 0.00713. The van der Waals surface area contributed by atoms with Crippen LogP contribution in [0.4, 0.5) is 28.9 Å².